The lowest BCUT2D eigenvalue weighted by Crippen LogP contribution is -2.04. The van der Waals surface area contributed by atoms with E-state index < -0.39 is 0 Å². The molecule has 1 heterocycles. The lowest BCUT2D eigenvalue weighted by molar-refractivity contribution is 0.414. The highest BCUT2D eigenvalue weighted by molar-refractivity contribution is 5.70. The van der Waals surface area contributed by atoms with E-state index in [0.29, 0.717) is 0 Å². The number of aromatic nitrogens is 1. The Morgan fingerprint density at radius 1 is 1.29 bits per heavy atom. The van der Waals surface area contributed by atoms with Crippen LogP contribution in [0.4, 0.5) is 0 Å². The van der Waals surface area contributed by atoms with Crippen molar-refractivity contribution in [3.63, 3.8) is 0 Å². The smallest absolute Gasteiger partial charge is 0.144 e. The Morgan fingerprint density at radius 2 is 2.12 bits per heavy atom. The quantitative estimate of drug-likeness (QED) is 0.878. The molecule has 17 heavy (non-hydrogen) atoms. The molecule has 3 heteroatoms. The summed E-state index contributed by atoms with van der Waals surface area (Å²) in [6.45, 7) is 1.98. The van der Waals surface area contributed by atoms with Crippen LogP contribution >= 0.6 is 0 Å². The van der Waals surface area contributed by atoms with Gasteiger partial charge < -0.3 is 10.5 Å². The minimum Gasteiger partial charge on any atom is -0.494 e. The van der Waals surface area contributed by atoms with Gasteiger partial charge in [-0.3, -0.25) is 4.98 Å². The minimum atomic E-state index is 0.0304. The molecule has 2 N–H and O–H groups in total. The van der Waals surface area contributed by atoms with Gasteiger partial charge in [-0.15, -0.1) is 0 Å². The maximum absolute atomic E-state index is 5.89. The van der Waals surface area contributed by atoms with Crippen LogP contribution in [-0.2, 0) is 0 Å². The molecule has 1 atom stereocenters. The third-order valence-electron chi connectivity index (χ3n) is 2.73. The third-order valence-corrected chi connectivity index (χ3v) is 2.73. The minimum absolute atomic E-state index is 0.0304. The van der Waals surface area contributed by atoms with Gasteiger partial charge in [0.1, 0.15) is 5.75 Å². The molecule has 0 aliphatic heterocycles. The Morgan fingerprint density at radius 3 is 2.82 bits per heavy atom. The first-order chi connectivity index (χ1) is 8.22. The van der Waals surface area contributed by atoms with E-state index in [4.69, 9.17) is 10.5 Å². The Balaban J connectivity index is 2.49. The summed E-state index contributed by atoms with van der Waals surface area (Å²) in [5, 5.41) is 0. The number of nitrogens with zero attached hydrogens (tertiary/aromatic N) is 1. The number of benzene rings is 1. The van der Waals surface area contributed by atoms with Gasteiger partial charge in [-0.2, -0.15) is 0 Å². The van der Waals surface area contributed by atoms with Crippen LogP contribution in [-0.4, -0.2) is 12.1 Å². The number of hydrogen-bond acceptors (Lipinski definition) is 3. The zero-order chi connectivity index (χ0) is 12.3. The molecule has 0 fully saturated rings. The van der Waals surface area contributed by atoms with Gasteiger partial charge in [-0.05, 0) is 30.2 Å². The molecule has 1 aromatic carbocycles. The predicted octanol–water partition coefficient (Wildman–Crippen LogP) is 2.78. The van der Waals surface area contributed by atoms with Crippen molar-refractivity contribution in [2.75, 3.05) is 7.11 Å². The van der Waals surface area contributed by atoms with Crippen molar-refractivity contribution in [3.8, 4) is 16.9 Å². The molecule has 0 bridgehead atoms. The maximum Gasteiger partial charge on any atom is 0.144 e. The highest BCUT2D eigenvalue weighted by Gasteiger charge is 2.07. The Bertz CT molecular complexity index is 509. The van der Waals surface area contributed by atoms with E-state index in [0.717, 1.165) is 22.4 Å². The Labute approximate surface area is 101 Å². The lowest BCUT2D eigenvalue weighted by atomic mass is 10.0. The maximum atomic E-state index is 5.89. The second-order valence-corrected chi connectivity index (χ2v) is 3.99. The highest BCUT2D eigenvalue weighted by atomic mass is 16.5. The number of methoxy groups -OCH3 is 1. The third kappa shape index (κ3) is 2.45. The molecule has 1 aromatic heterocycles. The first-order valence-corrected chi connectivity index (χ1v) is 5.56. The second kappa shape index (κ2) is 4.97. The van der Waals surface area contributed by atoms with Gasteiger partial charge in [0.15, 0.2) is 0 Å². The number of pyridine rings is 1. The molecule has 88 valence electrons. The number of ether oxygens (including phenoxy) is 1. The molecule has 3 nitrogen and oxygen atoms in total. The van der Waals surface area contributed by atoms with Gasteiger partial charge >= 0.3 is 0 Å². The summed E-state index contributed by atoms with van der Waals surface area (Å²) in [5.41, 5.74) is 9.13. The first kappa shape index (κ1) is 11.6. The molecule has 0 spiro atoms. The molecular formula is C14H16N2O. The van der Waals surface area contributed by atoms with E-state index in [9.17, 15) is 0 Å². The highest BCUT2D eigenvalue weighted by Crippen LogP contribution is 2.29. The van der Waals surface area contributed by atoms with E-state index in [1.165, 1.54) is 0 Å². The summed E-state index contributed by atoms with van der Waals surface area (Å²) in [4.78, 5) is 4.05. The fourth-order valence-electron chi connectivity index (χ4n) is 1.77. The molecular weight excluding hydrogens is 212 g/mol. The monoisotopic (exact) mass is 228 g/mol. The number of nitrogens with two attached hydrogens (primary N) is 1. The van der Waals surface area contributed by atoms with E-state index in [1.807, 2.05) is 31.2 Å². The van der Waals surface area contributed by atoms with Gasteiger partial charge in [0.25, 0.3) is 0 Å². The van der Waals surface area contributed by atoms with Crippen LogP contribution in [0.2, 0.25) is 0 Å². The van der Waals surface area contributed by atoms with Crippen molar-refractivity contribution in [1.29, 1.82) is 0 Å². The van der Waals surface area contributed by atoms with Gasteiger partial charge in [0.2, 0.25) is 0 Å². The topological polar surface area (TPSA) is 48.1 Å². The van der Waals surface area contributed by atoms with Crippen molar-refractivity contribution < 1.29 is 4.74 Å². The summed E-state index contributed by atoms with van der Waals surface area (Å²) >= 11 is 0. The zero-order valence-electron chi connectivity index (χ0n) is 10.1. The van der Waals surface area contributed by atoms with Crippen molar-refractivity contribution in [2.24, 2.45) is 5.73 Å². The zero-order valence-corrected chi connectivity index (χ0v) is 10.1. The fraction of sp³-hybridized carbons (Fsp3) is 0.214. The average Bonchev–Trinajstić information content (AvgIpc) is 2.39. The van der Waals surface area contributed by atoms with E-state index in [1.54, 1.807) is 19.5 Å². The Kier molecular flexibility index (Phi) is 3.40. The van der Waals surface area contributed by atoms with Gasteiger partial charge in [0.05, 0.1) is 13.3 Å². The molecule has 2 rings (SSSR count). The van der Waals surface area contributed by atoms with Crippen LogP contribution in [0, 0.1) is 0 Å². The van der Waals surface area contributed by atoms with Crippen molar-refractivity contribution in [1.82, 2.24) is 4.98 Å². The van der Waals surface area contributed by atoms with Crippen LogP contribution < -0.4 is 10.5 Å². The van der Waals surface area contributed by atoms with Crippen molar-refractivity contribution in [3.05, 3.63) is 48.3 Å². The fourth-order valence-corrected chi connectivity index (χ4v) is 1.77. The molecule has 0 radical (unpaired) electrons. The molecule has 0 unspecified atom stereocenters. The van der Waals surface area contributed by atoms with Crippen LogP contribution in [0.5, 0.6) is 5.75 Å². The molecule has 0 saturated heterocycles. The number of hydrogen-bond donors (Lipinski definition) is 1. The summed E-state index contributed by atoms with van der Waals surface area (Å²) in [7, 11) is 1.65. The van der Waals surface area contributed by atoms with Crippen molar-refractivity contribution in [2.45, 2.75) is 13.0 Å². The molecule has 0 aliphatic rings. The predicted molar refractivity (Wildman–Crippen MR) is 68.8 cm³/mol. The van der Waals surface area contributed by atoms with Crippen LogP contribution in [0.15, 0.2) is 42.7 Å². The molecule has 0 amide bonds. The Hall–Kier alpha value is -1.87. The van der Waals surface area contributed by atoms with Crippen LogP contribution in [0.25, 0.3) is 11.1 Å². The SMILES string of the molecule is COc1cnccc1-c1cccc([C@H](C)N)c1. The summed E-state index contributed by atoms with van der Waals surface area (Å²) in [6.07, 6.45) is 3.48. The largest absolute Gasteiger partial charge is 0.494 e. The molecule has 0 saturated carbocycles. The average molecular weight is 228 g/mol. The normalized spacial score (nSPS) is 12.2. The summed E-state index contributed by atoms with van der Waals surface area (Å²) in [6, 6.07) is 10.1. The van der Waals surface area contributed by atoms with Crippen molar-refractivity contribution >= 4 is 0 Å². The van der Waals surface area contributed by atoms with Gasteiger partial charge in [-0.25, -0.2) is 0 Å². The summed E-state index contributed by atoms with van der Waals surface area (Å²) in [5.74, 6) is 0.773. The number of rotatable bonds is 3. The first-order valence-electron chi connectivity index (χ1n) is 5.56. The van der Waals surface area contributed by atoms with Crippen LogP contribution in [0.1, 0.15) is 18.5 Å². The standard InChI is InChI=1S/C14H16N2O/c1-10(15)11-4-3-5-12(8-11)13-6-7-16-9-14(13)17-2/h3-10H,15H2,1-2H3/t10-/m0/s1. The van der Waals surface area contributed by atoms with Gasteiger partial charge in [0, 0.05) is 17.8 Å². The van der Waals surface area contributed by atoms with Gasteiger partial charge in [-0.1, -0.05) is 18.2 Å². The molecule has 2 aromatic rings. The van der Waals surface area contributed by atoms with E-state index in [-0.39, 0.29) is 6.04 Å². The second-order valence-electron chi connectivity index (χ2n) is 3.99. The molecule has 0 aliphatic carbocycles. The van der Waals surface area contributed by atoms with E-state index >= 15 is 0 Å². The lowest BCUT2D eigenvalue weighted by Gasteiger charge is -2.10. The van der Waals surface area contributed by atoms with E-state index in [2.05, 4.69) is 11.1 Å². The van der Waals surface area contributed by atoms with Crippen LogP contribution in [0.3, 0.4) is 0 Å². The summed E-state index contributed by atoms with van der Waals surface area (Å²) < 4.78 is 5.31.